The lowest BCUT2D eigenvalue weighted by molar-refractivity contribution is 0.0981. The number of ether oxygens (including phenoxy) is 2. The van der Waals surface area contributed by atoms with E-state index in [1.807, 2.05) is 0 Å². The minimum atomic E-state index is -3.36. The van der Waals surface area contributed by atoms with Crippen LogP contribution in [0, 0.1) is 0 Å². The Hall–Kier alpha value is -1.56. The summed E-state index contributed by atoms with van der Waals surface area (Å²) >= 11 is 0. The number of Topliss-reactive ketones (excluding diaryl/α,β-unsaturated/α-hetero) is 1. The van der Waals surface area contributed by atoms with Gasteiger partial charge in [0.25, 0.3) is 0 Å². The van der Waals surface area contributed by atoms with Crippen LogP contribution in [0.1, 0.15) is 16.8 Å². The molecule has 5 nitrogen and oxygen atoms in total. The van der Waals surface area contributed by atoms with Crippen molar-refractivity contribution < 1.29 is 22.7 Å². The maximum atomic E-state index is 11.9. The number of sulfone groups is 1. The lowest BCUT2D eigenvalue weighted by Crippen LogP contribution is -2.23. The summed E-state index contributed by atoms with van der Waals surface area (Å²) in [6.45, 7) is 0.798. The Morgan fingerprint density at radius 3 is 2.41 bits per heavy atom. The standard InChI is InChI=1S/C11H10O5S/c12-8-1-4-17(13,14)11-6-10-9(5-7(8)11)15-2-3-16-10/h5-6H,1-4H2. The molecule has 90 valence electrons. The smallest absolute Gasteiger partial charge is 0.179 e. The van der Waals surface area contributed by atoms with Crippen LogP contribution in [0.2, 0.25) is 0 Å². The highest BCUT2D eigenvalue weighted by Crippen LogP contribution is 2.37. The van der Waals surface area contributed by atoms with Crippen molar-refractivity contribution >= 4 is 15.6 Å². The Kier molecular flexibility index (Phi) is 2.16. The van der Waals surface area contributed by atoms with Crippen molar-refractivity contribution in [1.82, 2.24) is 0 Å². The Labute approximate surface area is 98.3 Å². The number of rotatable bonds is 0. The first kappa shape index (κ1) is 10.6. The van der Waals surface area contributed by atoms with Crippen molar-refractivity contribution in [3.8, 4) is 11.5 Å². The van der Waals surface area contributed by atoms with E-state index in [2.05, 4.69) is 0 Å². The van der Waals surface area contributed by atoms with Gasteiger partial charge in [-0.15, -0.1) is 0 Å². The van der Waals surface area contributed by atoms with Gasteiger partial charge in [0.15, 0.2) is 27.1 Å². The molecular weight excluding hydrogens is 244 g/mol. The summed E-state index contributed by atoms with van der Waals surface area (Å²) in [4.78, 5) is 11.8. The summed E-state index contributed by atoms with van der Waals surface area (Å²) in [6.07, 6.45) is 0.0367. The number of benzene rings is 1. The molecule has 2 heterocycles. The molecule has 0 aromatic heterocycles. The number of ketones is 1. The summed E-state index contributed by atoms with van der Waals surface area (Å²) in [7, 11) is -3.36. The van der Waals surface area contributed by atoms with Crippen molar-refractivity contribution in [2.75, 3.05) is 19.0 Å². The highest BCUT2D eigenvalue weighted by atomic mass is 32.2. The Morgan fingerprint density at radius 1 is 1.06 bits per heavy atom. The van der Waals surface area contributed by atoms with E-state index >= 15 is 0 Å². The molecule has 1 aromatic carbocycles. The van der Waals surface area contributed by atoms with Crippen molar-refractivity contribution in [1.29, 1.82) is 0 Å². The molecule has 6 heteroatoms. The first-order valence-corrected chi connectivity index (χ1v) is 6.93. The third kappa shape index (κ3) is 1.59. The molecule has 0 radical (unpaired) electrons. The van der Waals surface area contributed by atoms with E-state index in [9.17, 15) is 13.2 Å². The SMILES string of the molecule is O=C1CCS(=O)(=O)c2cc3c(cc21)OCCO3. The van der Waals surface area contributed by atoms with E-state index in [0.717, 1.165) is 0 Å². The zero-order valence-corrected chi connectivity index (χ0v) is 9.75. The van der Waals surface area contributed by atoms with Gasteiger partial charge in [-0.25, -0.2) is 8.42 Å². The fourth-order valence-corrected chi connectivity index (χ4v) is 3.49. The van der Waals surface area contributed by atoms with Gasteiger partial charge in [0.05, 0.1) is 10.6 Å². The van der Waals surface area contributed by atoms with Crippen LogP contribution in [-0.4, -0.2) is 33.2 Å². The largest absolute Gasteiger partial charge is 0.486 e. The summed E-state index contributed by atoms with van der Waals surface area (Å²) in [5.74, 6) is 0.555. The van der Waals surface area contributed by atoms with E-state index in [1.54, 1.807) is 0 Å². The van der Waals surface area contributed by atoms with Crippen molar-refractivity contribution in [2.24, 2.45) is 0 Å². The molecule has 0 aliphatic carbocycles. The number of carbonyl (C=O) groups excluding carboxylic acids is 1. The van der Waals surface area contributed by atoms with E-state index in [4.69, 9.17) is 9.47 Å². The van der Waals surface area contributed by atoms with Gasteiger partial charge >= 0.3 is 0 Å². The predicted octanol–water partition coefficient (Wildman–Crippen LogP) is 0.818. The second kappa shape index (κ2) is 3.46. The average molecular weight is 254 g/mol. The monoisotopic (exact) mass is 254 g/mol. The van der Waals surface area contributed by atoms with Crippen LogP contribution in [0.5, 0.6) is 11.5 Å². The normalized spacial score (nSPS) is 20.8. The molecule has 0 saturated heterocycles. The zero-order valence-electron chi connectivity index (χ0n) is 8.93. The van der Waals surface area contributed by atoms with E-state index in [1.165, 1.54) is 12.1 Å². The number of carbonyl (C=O) groups is 1. The highest BCUT2D eigenvalue weighted by Gasteiger charge is 2.31. The fraction of sp³-hybridized carbons (Fsp3) is 0.364. The minimum Gasteiger partial charge on any atom is -0.486 e. The summed E-state index contributed by atoms with van der Waals surface area (Å²) in [5.41, 5.74) is 0.223. The third-order valence-corrected chi connectivity index (χ3v) is 4.63. The molecule has 0 bridgehead atoms. The molecule has 2 aliphatic rings. The van der Waals surface area contributed by atoms with Crippen molar-refractivity contribution in [3.05, 3.63) is 17.7 Å². The van der Waals surface area contributed by atoms with Crippen LogP contribution >= 0.6 is 0 Å². The Balaban J connectivity index is 2.26. The van der Waals surface area contributed by atoms with E-state index in [-0.39, 0.29) is 28.4 Å². The number of hydrogen-bond acceptors (Lipinski definition) is 5. The van der Waals surface area contributed by atoms with Crippen LogP contribution in [0.25, 0.3) is 0 Å². The molecule has 0 saturated carbocycles. The minimum absolute atomic E-state index is 0.0367. The van der Waals surface area contributed by atoms with Gasteiger partial charge in [-0.3, -0.25) is 4.79 Å². The summed E-state index contributed by atoms with van der Waals surface area (Å²) in [5, 5.41) is 0. The zero-order chi connectivity index (χ0) is 12.0. The van der Waals surface area contributed by atoms with Crippen LogP contribution in [0.15, 0.2) is 17.0 Å². The van der Waals surface area contributed by atoms with Gasteiger partial charge in [0.1, 0.15) is 13.2 Å². The third-order valence-electron chi connectivity index (χ3n) is 2.88. The molecule has 0 unspecified atom stereocenters. The first-order valence-electron chi connectivity index (χ1n) is 5.27. The van der Waals surface area contributed by atoms with Crippen LogP contribution in [0.3, 0.4) is 0 Å². The summed E-state index contributed by atoms with van der Waals surface area (Å²) < 4.78 is 34.4. The topological polar surface area (TPSA) is 69.7 Å². The van der Waals surface area contributed by atoms with Gasteiger partial charge in [-0.05, 0) is 6.07 Å². The number of fused-ring (bicyclic) bond motifs is 2. The maximum absolute atomic E-state index is 11.9. The second-order valence-electron chi connectivity index (χ2n) is 3.98. The van der Waals surface area contributed by atoms with Gasteiger partial charge < -0.3 is 9.47 Å². The van der Waals surface area contributed by atoms with Crippen LogP contribution < -0.4 is 9.47 Å². The van der Waals surface area contributed by atoms with Crippen molar-refractivity contribution in [3.63, 3.8) is 0 Å². The average Bonchev–Trinajstić information content (AvgIpc) is 2.33. The van der Waals surface area contributed by atoms with Crippen LogP contribution in [0.4, 0.5) is 0 Å². The summed E-state index contributed by atoms with van der Waals surface area (Å²) in [6, 6.07) is 2.87. The Bertz CT molecular complexity index is 603. The predicted molar refractivity (Wildman–Crippen MR) is 58.4 cm³/mol. The molecule has 1 aromatic rings. The molecule has 0 N–H and O–H groups in total. The lowest BCUT2D eigenvalue weighted by atomic mass is 10.1. The molecule has 3 rings (SSSR count). The van der Waals surface area contributed by atoms with Crippen LogP contribution in [-0.2, 0) is 9.84 Å². The Morgan fingerprint density at radius 2 is 1.71 bits per heavy atom. The molecule has 0 spiro atoms. The maximum Gasteiger partial charge on any atom is 0.179 e. The molecule has 0 fully saturated rings. The van der Waals surface area contributed by atoms with Gasteiger partial charge in [0.2, 0.25) is 0 Å². The van der Waals surface area contributed by atoms with Crippen molar-refractivity contribution in [2.45, 2.75) is 11.3 Å². The second-order valence-corrected chi connectivity index (χ2v) is 6.06. The number of hydrogen-bond donors (Lipinski definition) is 0. The first-order chi connectivity index (χ1) is 8.08. The molecule has 0 atom stereocenters. The van der Waals surface area contributed by atoms with E-state index in [0.29, 0.717) is 24.7 Å². The fourth-order valence-electron chi connectivity index (χ4n) is 2.02. The highest BCUT2D eigenvalue weighted by molar-refractivity contribution is 7.91. The molecule has 0 amide bonds. The van der Waals surface area contributed by atoms with Gasteiger partial charge in [-0.2, -0.15) is 0 Å². The van der Waals surface area contributed by atoms with E-state index < -0.39 is 9.84 Å². The molecule has 17 heavy (non-hydrogen) atoms. The molecule has 2 aliphatic heterocycles. The van der Waals surface area contributed by atoms with Gasteiger partial charge in [-0.1, -0.05) is 0 Å². The van der Waals surface area contributed by atoms with Gasteiger partial charge in [0, 0.05) is 18.1 Å². The lowest BCUT2D eigenvalue weighted by Gasteiger charge is -2.22. The molecular formula is C11H10O5S. The quantitative estimate of drug-likeness (QED) is 0.685.